The molecule has 6 nitrogen and oxygen atoms in total. The fourth-order valence-corrected chi connectivity index (χ4v) is 2.50. The van der Waals surface area contributed by atoms with Gasteiger partial charge in [-0.3, -0.25) is 0 Å². The predicted molar refractivity (Wildman–Crippen MR) is 90.6 cm³/mol. The van der Waals surface area contributed by atoms with Gasteiger partial charge in [-0.25, -0.2) is 14.3 Å². The van der Waals surface area contributed by atoms with E-state index in [2.05, 4.69) is 30.9 Å². The van der Waals surface area contributed by atoms with Crippen LogP contribution in [0.15, 0.2) is 36.4 Å². The van der Waals surface area contributed by atoms with Crippen molar-refractivity contribution < 1.29 is 14.6 Å². The first-order chi connectivity index (χ1) is 11.3. The van der Waals surface area contributed by atoms with Gasteiger partial charge in [0.2, 0.25) is 0 Å². The van der Waals surface area contributed by atoms with Crippen LogP contribution in [0.1, 0.15) is 37.0 Å². The zero-order valence-corrected chi connectivity index (χ0v) is 14.1. The first kappa shape index (κ1) is 16.0. The van der Waals surface area contributed by atoms with Gasteiger partial charge >= 0.3 is 5.97 Å². The lowest BCUT2D eigenvalue weighted by atomic mass is 9.93. The zero-order valence-electron chi connectivity index (χ0n) is 14.1. The Hall–Kier alpha value is -2.89. The molecule has 0 aliphatic heterocycles. The molecule has 0 bridgehead atoms. The number of carbonyl (C=O) groups is 1. The van der Waals surface area contributed by atoms with Crippen LogP contribution >= 0.6 is 0 Å². The minimum atomic E-state index is -1.08. The summed E-state index contributed by atoms with van der Waals surface area (Å²) in [5.74, 6) is -0.429. The van der Waals surface area contributed by atoms with Gasteiger partial charge in [0.25, 0.3) is 0 Å². The van der Waals surface area contributed by atoms with E-state index >= 15 is 0 Å². The SMILES string of the molecule is COc1ccccc1-c1cc(C(=O)O)nc2cc(C(C)(C)C)nn12. The minimum absolute atomic E-state index is 0.0243. The molecule has 24 heavy (non-hydrogen) atoms. The first-order valence-electron chi connectivity index (χ1n) is 7.59. The summed E-state index contributed by atoms with van der Waals surface area (Å²) < 4.78 is 7.09. The Balaban J connectivity index is 2.36. The third kappa shape index (κ3) is 2.71. The second kappa shape index (κ2) is 5.63. The molecule has 0 unspecified atom stereocenters. The highest BCUT2D eigenvalue weighted by atomic mass is 16.5. The van der Waals surface area contributed by atoms with Crippen molar-refractivity contribution in [2.75, 3.05) is 7.11 Å². The molecule has 0 saturated carbocycles. The molecule has 6 heteroatoms. The van der Waals surface area contributed by atoms with Crippen molar-refractivity contribution in [3.8, 4) is 17.0 Å². The Bertz CT molecular complexity index is 923. The number of methoxy groups -OCH3 is 1. The van der Waals surface area contributed by atoms with Crippen molar-refractivity contribution in [2.24, 2.45) is 0 Å². The second-order valence-corrected chi connectivity index (χ2v) is 6.58. The number of fused-ring (bicyclic) bond motifs is 1. The molecule has 1 aromatic carbocycles. The van der Waals surface area contributed by atoms with Crippen molar-refractivity contribution >= 4 is 11.6 Å². The van der Waals surface area contributed by atoms with E-state index in [1.807, 2.05) is 30.3 Å². The summed E-state index contributed by atoms with van der Waals surface area (Å²) in [4.78, 5) is 15.7. The van der Waals surface area contributed by atoms with Gasteiger partial charge in [-0.2, -0.15) is 5.10 Å². The van der Waals surface area contributed by atoms with Gasteiger partial charge in [0.1, 0.15) is 5.75 Å². The highest BCUT2D eigenvalue weighted by molar-refractivity contribution is 5.88. The Kier molecular flexibility index (Phi) is 3.75. The van der Waals surface area contributed by atoms with Gasteiger partial charge in [-0.05, 0) is 18.2 Å². The third-order valence-corrected chi connectivity index (χ3v) is 3.80. The summed E-state index contributed by atoms with van der Waals surface area (Å²) in [5.41, 5.74) is 2.54. The first-order valence-corrected chi connectivity index (χ1v) is 7.59. The Labute approximate surface area is 139 Å². The van der Waals surface area contributed by atoms with E-state index in [-0.39, 0.29) is 11.1 Å². The zero-order chi connectivity index (χ0) is 17.5. The van der Waals surface area contributed by atoms with Crippen LogP contribution in [0.4, 0.5) is 0 Å². The summed E-state index contributed by atoms with van der Waals surface area (Å²) in [7, 11) is 1.58. The predicted octanol–water partition coefficient (Wildman–Crippen LogP) is 3.40. The number of hydrogen-bond donors (Lipinski definition) is 1. The topological polar surface area (TPSA) is 76.7 Å². The number of carboxylic acids is 1. The van der Waals surface area contributed by atoms with Crippen molar-refractivity contribution in [2.45, 2.75) is 26.2 Å². The smallest absolute Gasteiger partial charge is 0.354 e. The van der Waals surface area contributed by atoms with E-state index in [4.69, 9.17) is 4.74 Å². The van der Waals surface area contributed by atoms with E-state index in [1.54, 1.807) is 11.6 Å². The van der Waals surface area contributed by atoms with Gasteiger partial charge in [-0.15, -0.1) is 0 Å². The molecule has 0 fully saturated rings. The molecule has 0 amide bonds. The third-order valence-electron chi connectivity index (χ3n) is 3.80. The number of benzene rings is 1. The van der Waals surface area contributed by atoms with E-state index in [1.165, 1.54) is 6.07 Å². The molecule has 2 aromatic heterocycles. The Morgan fingerprint density at radius 2 is 1.92 bits per heavy atom. The number of aromatic carboxylic acids is 1. The number of aromatic nitrogens is 3. The molecule has 1 N–H and O–H groups in total. The lowest BCUT2D eigenvalue weighted by Crippen LogP contribution is -2.12. The summed E-state index contributed by atoms with van der Waals surface area (Å²) >= 11 is 0. The van der Waals surface area contributed by atoms with Crippen LogP contribution in [0.3, 0.4) is 0 Å². The Morgan fingerprint density at radius 1 is 1.21 bits per heavy atom. The summed E-state index contributed by atoms with van der Waals surface area (Å²) in [5, 5.41) is 14.0. The van der Waals surface area contributed by atoms with Crippen molar-refractivity contribution in [1.29, 1.82) is 0 Å². The van der Waals surface area contributed by atoms with Crippen LogP contribution in [0.5, 0.6) is 5.75 Å². The fraction of sp³-hybridized carbons (Fsp3) is 0.278. The van der Waals surface area contributed by atoms with Crippen molar-refractivity contribution in [3.05, 3.63) is 47.8 Å². The summed E-state index contributed by atoms with van der Waals surface area (Å²) in [6.45, 7) is 6.15. The van der Waals surface area contributed by atoms with Gasteiger partial charge in [0.05, 0.1) is 18.5 Å². The number of hydrogen-bond acceptors (Lipinski definition) is 4. The quantitative estimate of drug-likeness (QED) is 0.798. The number of para-hydroxylation sites is 1. The molecule has 2 heterocycles. The largest absolute Gasteiger partial charge is 0.496 e. The lowest BCUT2D eigenvalue weighted by Gasteiger charge is -2.14. The van der Waals surface area contributed by atoms with Gasteiger partial charge in [-0.1, -0.05) is 32.9 Å². The van der Waals surface area contributed by atoms with Gasteiger partial charge in [0.15, 0.2) is 11.3 Å². The molecule has 0 radical (unpaired) electrons. The Morgan fingerprint density at radius 3 is 2.54 bits per heavy atom. The maximum atomic E-state index is 11.5. The summed E-state index contributed by atoms with van der Waals surface area (Å²) in [6.07, 6.45) is 0. The number of carboxylic acid groups (broad SMARTS) is 1. The van der Waals surface area contributed by atoms with Crippen LogP contribution in [-0.4, -0.2) is 32.8 Å². The molecule has 0 aliphatic carbocycles. The molecule has 0 aliphatic rings. The summed E-state index contributed by atoms with van der Waals surface area (Å²) in [6, 6.07) is 10.8. The number of rotatable bonds is 3. The van der Waals surface area contributed by atoms with Crippen LogP contribution in [0.2, 0.25) is 0 Å². The van der Waals surface area contributed by atoms with E-state index < -0.39 is 5.97 Å². The molecule has 3 rings (SSSR count). The van der Waals surface area contributed by atoms with Crippen molar-refractivity contribution in [3.63, 3.8) is 0 Å². The van der Waals surface area contributed by atoms with Gasteiger partial charge in [0, 0.05) is 17.0 Å². The molecule has 0 spiro atoms. The molecule has 3 aromatic rings. The van der Waals surface area contributed by atoms with Gasteiger partial charge < -0.3 is 9.84 Å². The average Bonchev–Trinajstić information content (AvgIpc) is 2.98. The van der Waals surface area contributed by atoms with Crippen molar-refractivity contribution in [1.82, 2.24) is 14.6 Å². The maximum Gasteiger partial charge on any atom is 0.354 e. The van der Waals surface area contributed by atoms with Crippen LogP contribution < -0.4 is 4.74 Å². The fourth-order valence-electron chi connectivity index (χ4n) is 2.50. The standard InChI is InChI=1S/C18H19N3O3/c1-18(2,3)15-10-16-19-12(17(22)23)9-13(21(16)20-15)11-7-5-6-8-14(11)24-4/h5-10H,1-4H3,(H,22,23). The highest BCUT2D eigenvalue weighted by Crippen LogP contribution is 2.31. The maximum absolute atomic E-state index is 11.5. The van der Waals surface area contributed by atoms with Crippen LogP contribution in [0.25, 0.3) is 16.9 Å². The molecular formula is C18H19N3O3. The van der Waals surface area contributed by atoms with E-state index in [9.17, 15) is 9.90 Å². The molecular weight excluding hydrogens is 306 g/mol. The normalized spacial score (nSPS) is 11.7. The van der Waals surface area contributed by atoms with Crippen LogP contribution in [-0.2, 0) is 5.41 Å². The average molecular weight is 325 g/mol. The van der Waals surface area contributed by atoms with E-state index in [0.29, 0.717) is 17.1 Å². The molecule has 124 valence electrons. The molecule has 0 atom stereocenters. The van der Waals surface area contributed by atoms with E-state index in [0.717, 1.165) is 11.3 Å². The molecule has 0 saturated heterocycles. The second-order valence-electron chi connectivity index (χ2n) is 6.58. The number of ether oxygens (including phenoxy) is 1. The lowest BCUT2D eigenvalue weighted by molar-refractivity contribution is 0.0690. The minimum Gasteiger partial charge on any atom is -0.496 e. The van der Waals surface area contributed by atoms with Crippen LogP contribution in [0, 0.1) is 0 Å². The monoisotopic (exact) mass is 325 g/mol. The highest BCUT2D eigenvalue weighted by Gasteiger charge is 2.22. The number of nitrogens with zero attached hydrogens (tertiary/aromatic N) is 3.